The Morgan fingerprint density at radius 2 is 2.19 bits per heavy atom. The minimum absolute atomic E-state index is 0.0419. The molecule has 1 saturated heterocycles. The van der Waals surface area contributed by atoms with Crippen LogP contribution in [0.1, 0.15) is 30.1 Å². The zero-order chi connectivity index (χ0) is 18.4. The molecule has 3 aromatic rings. The van der Waals surface area contributed by atoms with Crippen molar-refractivity contribution in [2.45, 2.75) is 31.7 Å². The Bertz CT molecular complexity index is 964. The monoisotopic (exact) mass is 361 g/mol. The molecule has 27 heavy (non-hydrogen) atoms. The van der Waals surface area contributed by atoms with Crippen molar-refractivity contribution in [3.8, 4) is 0 Å². The van der Waals surface area contributed by atoms with E-state index in [9.17, 15) is 4.79 Å². The third-order valence-electron chi connectivity index (χ3n) is 5.65. The van der Waals surface area contributed by atoms with Crippen LogP contribution in [0.15, 0.2) is 42.7 Å². The van der Waals surface area contributed by atoms with Gasteiger partial charge in [-0.05, 0) is 43.5 Å². The summed E-state index contributed by atoms with van der Waals surface area (Å²) in [5.74, 6) is 1.36. The van der Waals surface area contributed by atoms with Crippen molar-refractivity contribution in [2.24, 2.45) is 5.92 Å². The molecule has 0 bridgehead atoms. The number of para-hydroxylation sites is 2. The van der Waals surface area contributed by atoms with Crippen LogP contribution in [0.3, 0.4) is 0 Å². The first-order chi connectivity index (χ1) is 13.2. The maximum atomic E-state index is 12.7. The number of nitrogens with zero attached hydrogens (tertiary/aromatic N) is 3. The van der Waals surface area contributed by atoms with Gasteiger partial charge >= 0.3 is 0 Å². The lowest BCUT2D eigenvalue weighted by molar-refractivity contribution is -0.123. The predicted octanol–water partition coefficient (Wildman–Crippen LogP) is 2.76. The molecule has 6 heteroatoms. The SMILES string of the molecule is Cc1cncc(N2CC[C@@H](NC(=O)[C@H]3C[C@@H]3c3nc4ccccc4[nH]3)C2)c1. The average molecular weight is 361 g/mol. The molecule has 1 saturated carbocycles. The number of pyridine rings is 1. The quantitative estimate of drug-likeness (QED) is 0.749. The van der Waals surface area contributed by atoms with Gasteiger partial charge in [0, 0.05) is 37.2 Å². The number of aromatic amines is 1. The smallest absolute Gasteiger partial charge is 0.224 e. The first kappa shape index (κ1) is 16.3. The molecule has 2 aromatic heterocycles. The van der Waals surface area contributed by atoms with Gasteiger partial charge < -0.3 is 15.2 Å². The number of hydrogen-bond acceptors (Lipinski definition) is 4. The highest BCUT2D eigenvalue weighted by Gasteiger charge is 2.46. The molecule has 2 fully saturated rings. The van der Waals surface area contributed by atoms with Crippen molar-refractivity contribution in [1.82, 2.24) is 20.3 Å². The van der Waals surface area contributed by atoms with E-state index in [1.54, 1.807) is 0 Å². The van der Waals surface area contributed by atoms with Crippen molar-refractivity contribution < 1.29 is 4.79 Å². The molecule has 1 aromatic carbocycles. The fourth-order valence-electron chi connectivity index (χ4n) is 4.07. The second-order valence-corrected chi connectivity index (χ2v) is 7.75. The Labute approximate surface area is 158 Å². The summed E-state index contributed by atoms with van der Waals surface area (Å²) >= 11 is 0. The minimum Gasteiger partial charge on any atom is -0.368 e. The summed E-state index contributed by atoms with van der Waals surface area (Å²) in [6, 6.07) is 10.4. The lowest BCUT2D eigenvalue weighted by Gasteiger charge is -2.19. The molecule has 6 nitrogen and oxygen atoms in total. The van der Waals surface area contributed by atoms with Crippen molar-refractivity contribution in [2.75, 3.05) is 18.0 Å². The van der Waals surface area contributed by atoms with E-state index in [1.807, 2.05) is 36.7 Å². The lowest BCUT2D eigenvalue weighted by atomic mass is 10.2. The van der Waals surface area contributed by atoms with Gasteiger partial charge in [-0.25, -0.2) is 4.98 Å². The molecule has 3 heterocycles. The van der Waals surface area contributed by atoms with E-state index in [0.29, 0.717) is 0 Å². The number of H-pyrrole nitrogens is 1. The lowest BCUT2D eigenvalue weighted by Crippen LogP contribution is -2.38. The van der Waals surface area contributed by atoms with Crippen LogP contribution in [0.25, 0.3) is 11.0 Å². The maximum Gasteiger partial charge on any atom is 0.224 e. The molecule has 0 unspecified atom stereocenters. The van der Waals surface area contributed by atoms with Crippen molar-refractivity contribution in [1.29, 1.82) is 0 Å². The molecule has 138 valence electrons. The number of nitrogens with one attached hydrogen (secondary N) is 2. The van der Waals surface area contributed by atoms with Gasteiger partial charge in [0.1, 0.15) is 5.82 Å². The molecular formula is C21H23N5O. The highest BCUT2D eigenvalue weighted by Crippen LogP contribution is 2.46. The molecule has 1 amide bonds. The van der Waals surface area contributed by atoms with E-state index in [0.717, 1.165) is 54.0 Å². The second-order valence-electron chi connectivity index (χ2n) is 7.75. The van der Waals surface area contributed by atoms with Gasteiger partial charge in [0.25, 0.3) is 0 Å². The van der Waals surface area contributed by atoms with Crippen molar-refractivity contribution in [3.63, 3.8) is 0 Å². The third kappa shape index (κ3) is 3.16. The van der Waals surface area contributed by atoms with E-state index >= 15 is 0 Å². The summed E-state index contributed by atoms with van der Waals surface area (Å²) in [6.45, 7) is 3.85. The Kier molecular flexibility index (Phi) is 3.85. The minimum atomic E-state index is 0.0419. The van der Waals surface area contributed by atoms with E-state index in [1.165, 1.54) is 0 Å². The average Bonchev–Trinajstić information content (AvgIpc) is 3.14. The number of aromatic nitrogens is 3. The van der Waals surface area contributed by atoms with Crippen LogP contribution in [-0.4, -0.2) is 40.0 Å². The summed E-state index contributed by atoms with van der Waals surface area (Å²) < 4.78 is 0. The van der Waals surface area contributed by atoms with Gasteiger partial charge in [0.15, 0.2) is 0 Å². The van der Waals surface area contributed by atoms with E-state index < -0.39 is 0 Å². The third-order valence-corrected chi connectivity index (χ3v) is 5.65. The summed E-state index contributed by atoms with van der Waals surface area (Å²) in [6.07, 6.45) is 5.62. The fraction of sp³-hybridized carbons (Fsp3) is 0.381. The van der Waals surface area contributed by atoms with Crippen LogP contribution < -0.4 is 10.2 Å². The molecule has 3 atom stereocenters. The zero-order valence-electron chi connectivity index (χ0n) is 15.4. The molecule has 5 rings (SSSR count). The highest BCUT2D eigenvalue weighted by atomic mass is 16.2. The summed E-state index contributed by atoms with van der Waals surface area (Å²) in [5.41, 5.74) is 4.30. The second kappa shape index (κ2) is 6.37. The van der Waals surface area contributed by atoms with Crippen LogP contribution in [-0.2, 0) is 4.79 Å². The van der Waals surface area contributed by atoms with Gasteiger partial charge in [-0.1, -0.05) is 12.1 Å². The molecule has 0 spiro atoms. The first-order valence-electron chi connectivity index (χ1n) is 9.59. The zero-order valence-corrected chi connectivity index (χ0v) is 15.4. The Balaban J connectivity index is 1.19. The molecule has 1 aliphatic heterocycles. The van der Waals surface area contributed by atoms with Gasteiger partial charge in [-0.2, -0.15) is 0 Å². The van der Waals surface area contributed by atoms with Crippen LogP contribution in [0, 0.1) is 12.8 Å². The number of anilines is 1. The number of carbonyl (C=O) groups excluding carboxylic acids is 1. The largest absolute Gasteiger partial charge is 0.368 e. The normalized spacial score (nSPS) is 24.3. The van der Waals surface area contributed by atoms with E-state index in [-0.39, 0.29) is 23.8 Å². The van der Waals surface area contributed by atoms with Crippen LogP contribution in [0.4, 0.5) is 5.69 Å². The Hall–Kier alpha value is -2.89. The summed E-state index contributed by atoms with van der Waals surface area (Å²) in [5, 5.41) is 3.25. The van der Waals surface area contributed by atoms with Crippen molar-refractivity contribution >= 4 is 22.6 Å². The number of rotatable bonds is 4. The number of fused-ring (bicyclic) bond motifs is 1. The molecular weight excluding hydrogens is 338 g/mol. The fourth-order valence-corrected chi connectivity index (χ4v) is 4.07. The molecule has 2 aliphatic rings. The summed E-state index contributed by atoms with van der Waals surface area (Å²) in [7, 11) is 0. The maximum absolute atomic E-state index is 12.7. The van der Waals surface area contributed by atoms with Crippen LogP contribution in [0.5, 0.6) is 0 Å². The van der Waals surface area contributed by atoms with E-state index in [4.69, 9.17) is 0 Å². The van der Waals surface area contributed by atoms with Crippen LogP contribution in [0.2, 0.25) is 0 Å². The van der Waals surface area contributed by atoms with Gasteiger partial charge in [0.05, 0.1) is 22.9 Å². The number of imidazole rings is 1. The van der Waals surface area contributed by atoms with Crippen LogP contribution >= 0.6 is 0 Å². The number of aryl methyl sites for hydroxylation is 1. The summed E-state index contributed by atoms with van der Waals surface area (Å²) in [4.78, 5) is 27.3. The Morgan fingerprint density at radius 3 is 3.04 bits per heavy atom. The van der Waals surface area contributed by atoms with Gasteiger partial charge in [-0.15, -0.1) is 0 Å². The number of amides is 1. The van der Waals surface area contributed by atoms with E-state index in [2.05, 4.69) is 38.2 Å². The molecule has 0 radical (unpaired) electrons. The topological polar surface area (TPSA) is 73.9 Å². The molecule has 1 aliphatic carbocycles. The number of benzene rings is 1. The first-order valence-corrected chi connectivity index (χ1v) is 9.59. The van der Waals surface area contributed by atoms with Gasteiger partial charge in [0.2, 0.25) is 5.91 Å². The number of carbonyl (C=O) groups is 1. The van der Waals surface area contributed by atoms with Gasteiger partial charge in [-0.3, -0.25) is 9.78 Å². The predicted molar refractivity (Wildman–Crippen MR) is 105 cm³/mol. The Morgan fingerprint density at radius 1 is 1.30 bits per heavy atom. The number of hydrogen-bond donors (Lipinski definition) is 2. The highest BCUT2D eigenvalue weighted by molar-refractivity contribution is 5.83. The standard InChI is InChI=1S/C21H23N5O/c1-13-8-15(11-22-10-13)26-7-6-14(12-26)23-21(27)17-9-16(17)20-24-18-4-2-3-5-19(18)25-20/h2-5,8,10-11,14,16-17H,6-7,9,12H2,1H3,(H,23,27)(H,24,25)/t14-,16+,17+/m1/s1. The van der Waals surface area contributed by atoms with Crippen molar-refractivity contribution in [3.05, 3.63) is 54.1 Å². The molecule has 2 N–H and O–H groups in total.